The quantitative estimate of drug-likeness (QED) is 0.926. The van der Waals surface area contributed by atoms with Gasteiger partial charge in [-0.25, -0.2) is 4.79 Å². The summed E-state index contributed by atoms with van der Waals surface area (Å²) < 4.78 is 7.10. The Labute approximate surface area is 132 Å². The van der Waals surface area contributed by atoms with Gasteiger partial charge in [0, 0.05) is 31.9 Å². The van der Waals surface area contributed by atoms with Crippen molar-refractivity contribution in [3.05, 3.63) is 18.0 Å². The second kappa shape index (κ2) is 7.13. The fourth-order valence-corrected chi connectivity index (χ4v) is 2.70. The predicted molar refractivity (Wildman–Crippen MR) is 85.4 cm³/mol. The molecule has 0 spiro atoms. The van der Waals surface area contributed by atoms with Crippen molar-refractivity contribution in [2.75, 3.05) is 19.6 Å². The van der Waals surface area contributed by atoms with Crippen LogP contribution in [0.2, 0.25) is 0 Å². The molecule has 6 heteroatoms. The third-order valence-electron chi connectivity index (χ3n) is 3.81. The van der Waals surface area contributed by atoms with Crippen LogP contribution in [0.3, 0.4) is 0 Å². The zero-order chi connectivity index (χ0) is 16.2. The summed E-state index contributed by atoms with van der Waals surface area (Å²) in [5, 5.41) is 7.09. The van der Waals surface area contributed by atoms with Gasteiger partial charge in [0.2, 0.25) is 0 Å². The zero-order valence-electron chi connectivity index (χ0n) is 14.1. The molecular weight excluding hydrogens is 280 g/mol. The van der Waals surface area contributed by atoms with Gasteiger partial charge in [-0.1, -0.05) is 0 Å². The van der Waals surface area contributed by atoms with Gasteiger partial charge in [-0.15, -0.1) is 0 Å². The Kier molecular flexibility index (Phi) is 5.45. The van der Waals surface area contributed by atoms with E-state index in [-0.39, 0.29) is 6.09 Å². The highest BCUT2D eigenvalue weighted by atomic mass is 16.6. The molecule has 6 nitrogen and oxygen atoms in total. The number of rotatable bonds is 4. The van der Waals surface area contributed by atoms with Crippen LogP contribution in [0.25, 0.3) is 0 Å². The molecule has 1 aliphatic heterocycles. The molecule has 1 saturated heterocycles. The molecule has 2 rings (SSSR count). The van der Waals surface area contributed by atoms with Crippen molar-refractivity contribution in [3.8, 4) is 0 Å². The number of aromatic nitrogens is 2. The smallest absolute Gasteiger partial charge is 0.407 e. The summed E-state index contributed by atoms with van der Waals surface area (Å²) in [4.78, 5) is 14.1. The fraction of sp³-hybridized carbons (Fsp3) is 0.750. The second-order valence-corrected chi connectivity index (χ2v) is 7.12. The number of amides is 1. The Bertz CT molecular complexity index is 485. The number of aryl methyl sites for hydroxylation is 1. The maximum atomic E-state index is 11.7. The monoisotopic (exact) mass is 308 g/mol. The van der Waals surface area contributed by atoms with Crippen molar-refractivity contribution in [1.29, 1.82) is 0 Å². The molecule has 0 saturated carbocycles. The van der Waals surface area contributed by atoms with Gasteiger partial charge in [0.1, 0.15) is 5.60 Å². The van der Waals surface area contributed by atoms with Gasteiger partial charge < -0.3 is 10.1 Å². The lowest BCUT2D eigenvalue weighted by Crippen LogP contribution is -2.40. The first-order valence-corrected chi connectivity index (χ1v) is 7.98. The summed E-state index contributed by atoms with van der Waals surface area (Å²) in [6, 6.07) is 0. The third-order valence-corrected chi connectivity index (χ3v) is 3.81. The van der Waals surface area contributed by atoms with Crippen LogP contribution in [0.4, 0.5) is 4.79 Å². The Balaban J connectivity index is 1.66. The molecule has 1 amide bonds. The highest BCUT2D eigenvalue weighted by Crippen LogP contribution is 2.18. The Morgan fingerprint density at radius 1 is 1.41 bits per heavy atom. The molecule has 1 aliphatic rings. The second-order valence-electron chi connectivity index (χ2n) is 7.12. The van der Waals surface area contributed by atoms with Gasteiger partial charge in [-0.3, -0.25) is 9.58 Å². The molecule has 124 valence electrons. The van der Waals surface area contributed by atoms with E-state index in [1.54, 1.807) is 0 Å². The number of piperidine rings is 1. The van der Waals surface area contributed by atoms with Crippen molar-refractivity contribution in [2.24, 2.45) is 13.0 Å². The largest absolute Gasteiger partial charge is 0.444 e. The fourth-order valence-electron chi connectivity index (χ4n) is 2.70. The first-order chi connectivity index (χ1) is 10.3. The normalized spacial score (nSPS) is 17.5. The minimum Gasteiger partial charge on any atom is -0.444 e. The number of alkyl carbamates (subject to hydrolysis) is 1. The molecule has 1 aromatic rings. The van der Waals surface area contributed by atoms with E-state index in [4.69, 9.17) is 4.74 Å². The van der Waals surface area contributed by atoms with Crippen LogP contribution in [-0.2, 0) is 18.3 Å². The lowest BCUT2D eigenvalue weighted by molar-refractivity contribution is 0.0509. The van der Waals surface area contributed by atoms with E-state index in [1.165, 1.54) is 5.56 Å². The topological polar surface area (TPSA) is 59.4 Å². The zero-order valence-corrected chi connectivity index (χ0v) is 14.1. The van der Waals surface area contributed by atoms with Gasteiger partial charge in [0.25, 0.3) is 0 Å². The molecule has 0 radical (unpaired) electrons. The number of carbonyl (C=O) groups excluding carboxylic acids is 1. The summed E-state index contributed by atoms with van der Waals surface area (Å²) in [7, 11) is 1.94. The lowest BCUT2D eigenvalue weighted by Gasteiger charge is -2.31. The first-order valence-electron chi connectivity index (χ1n) is 7.98. The van der Waals surface area contributed by atoms with Crippen LogP contribution in [0, 0.1) is 5.92 Å². The van der Waals surface area contributed by atoms with E-state index < -0.39 is 5.60 Å². The van der Waals surface area contributed by atoms with Crippen LogP contribution >= 0.6 is 0 Å². The van der Waals surface area contributed by atoms with Gasteiger partial charge in [-0.2, -0.15) is 5.10 Å². The van der Waals surface area contributed by atoms with Crippen molar-refractivity contribution >= 4 is 6.09 Å². The SMILES string of the molecule is Cn1cc(CN2CCC(CNC(=O)OC(C)(C)C)CC2)cn1. The predicted octanol–water partition coefficient (Wildman–Crippen LogP) is 2.16. The number of nitrogens with zero attached hydrogens (tertiary/aromatic N) is 3. The molecule has 22 heavy (non-hydrogen) atoms. The van der Waals surface area contributed by atoms with E-state index in [1.807, 2.05) is 38.7 Å². The number of likely N-dealkylation sites (tertiary alicyclic amines) is 1. The van der Waals surface area contributed by atoms with Crippen molar-refractivity contribution in [1.82, 2.24) is 20.0 Å². The average molecular weight is 308 g/mol. The summed E-state index contributed by atoms with van der Waals surface area (Å²) in [6.07, 6.45) is 5.89. The summed E-state index contributed by atoms with van der Waals surface area (Å²) in [6.45, 7) is 9.43. The number of nitrogens with one attached hydrogen (secondary N) is 1. The van der Waals surface area contributed by atoms with Crippen molar-refractivity contribution in [3.63, 3.8) is 0 Å². The number of carbonyl (C=O) groups is 1. The molecule has 0 atom stereocenters. The molecule has 1 aromatic heterocycles. The highest BCUT2D eigenvalue weighted by molar-refractivity contribution is 5.67. The molecule has 0 aliphatic carbocycles. The molecule has 2 heterocycles. The van der Waals surface area contributed by atoms with E-state index >= 15 is 0 Å². The minimum absolute atomic E-state index is 0.315. The van der Waals surface area contributed by atoms with Gasteiger partial charge >= 0.3 is 6.09 Å². The van der Waals surface area contributed by atoms with Crippen LogP contribution in [0.1, 0.15) is 39.2 Å². The maximum absolute atomic E-state index is 11.7. The summed E-state index contributed by atoms with van der Waals surface area (Å²) >= 11 is 0. The molecular formula is C16H28N4O2. The van der Waals surface area contributed by atoms with Gasteiger partial charge in [-0.05, 0) is 52.6 Å². The van der Waals surface area contributed by atoms with Gasteiger partial charge in [0.15, 0.2) is 0 Å². The maximum Gasteiger partial charge on any atom is 0.407 e. The molecule has 1 N–H and O–H groups in total. The van der Waals surface area contributed by atoms with Crippen molar-refractivity contribution < 1.29 is 9.53 Å². The van der Waals surface area contributed by atoms with E-state index in [9.17, 15) is 4.79 Å². The Morgan fingerprint density at radius 2 is 2.09 bits per heavy atom. The molecule has 0 aromatic carbocycles. The average Bonchev–Trinajstić information content (AvgIpc) is 2.81. The van der Waals surface area contributed by atoms with Gasteiger partial charge in [0.05, 0.1) is 6.20 Å². The number of ether oxygens (including phenoxy) is 1. The third kappa shape index (κ3) is 5.67. The van der Waals surface area contributed by atoms with E-state index in [0.29, 0.717) is 12.5 Å². The molecule has 1 fully saturated rings. The molecule has 0 unspecified atom stereocenters. The Morgan fingerprint density at radius 3 is 2.64 bits per heavy atom. The van der Waals surface area contributed by atoms with Crippen molar-refractivity contribution in [2.45, 2.75) is 45.8 Å². The highest BCUT2D eigenvalue weighted by Gasteiger charge is 2.21. The standard InChI is InChI=1S/C16H28N4O2/c1-16(2,3)22-15(21)17-9-13-5-7-20(8-6-13)12-14-10-18-19(4)11-14/h10-11,13H,5-9,12H2,1-4H3,(H,17,21). The summed E-state index contributed by atoms with van der Waals surface area (Å²) in [5.74, 6) is 0.540. The number of hydrogen-bond acceptors (Lipinski definition) is 4. The van der Waals surface area contributed by atoms with E-state index in [0.717, 1.165) is 32.5 Å². The van der Waals surface area contributed by atoms with Crippen LogP contribution in [0.5, 0.6) is 0 Å². The van der Waals surface area contributed by atoms with Crippen LogP contribution < -0.4 is 5.32 Å². The number of hydrogen-bond donors (Lipinski definition) is 1. The van der Waals surface area contributed by atoms with Crippen LogP contribution in [0.15, 0.2) is 12.4 Å². The lowest BCUT2D eigenvalue weighted by atomic mass is 9.96. The van der Waals surface area contributed by atoms with E-state index in [2.05, 4.69) is 21.5 Å². The summed E-state index contributed by atoms with van der Waals surface area (Å²) in [5.41, 5.74) is 0.824. The minimum atomic E-state index is -0.433. The Hall–Kier alpha value is -1.56. The van der Waals surface area contributed by atoms with Crippen LogP contribution in [-0.4, -0.2) is 46.0 Å². The molecule has 0 bridgehead atoms. The first kappa shape index (κ1) is 16.8.